The number of halogens is 1. The van der Waals surface area contributed by atoms with Crippen molar-refractivity contribution in [2.45, 2.75) is 18.3 Å². The average molecular weight is 340 g/mol. The zero-order valence-corrected chi connectivity index (χ0v) is 13.7. The van der Waals surface area contributed by atoms with Crippen LogP contribution in [-0.4, -0.2) is 39.8 Å². The fourth-order valence-corrected chi connectivity index (χ4v) is 2.68. The highest BCUT2D eigenvalue weighted by molar-refractivity contribution is 9.10. The molecule has 1 aromatic rings. The zero-order valence-electron chi connectivity index (χ0n) is 12.1. The summed E-state index contributed by atoms with van der Waals surface area (Å²) in [7, 11) is 3.49. The van der Waals surface area contributed by atoms with E-state index >= 15 is 0 Å². The van der Waals surface area contributed by atoms with Gasteiger partial charge < -0.3 is 15.4 Å². The molecule has 0 aliphatic heterocycles. The lowest BCUT2D eigenvalue weighted by Crippen LogP contribution is -2.42. The molecule has 20 heavy (non-hydrogen) atoms. The van der Waals surface area contributed by atoms with Crippen molar-refractivity contribution in [3.63, 3.8) is 0 Å². The highest BCUT2D eigenvalue weighted by Gasteiger charge is 2.44. The van der Waals surface area contributed by atoms with Crippen LogP contribution in [0.2, 0.25) is 0 Å². The van der Waals surface area contributed by atoms with Crippen LogP contribution in [0.3, 0.4) is 0 Å². The molecule has 4 nitrogen and oxygen atoms in total. The van der Waals surface area contributed by atoms with Crippen LogP contribution < -0.4 is 10.6 Å². The summed E-state index contributed by atoms with van der Waals surface area (Å²) in [5, 5.41) is 6.66. The maximum atomic E-state index is 5.03. The predicted octanol–water partition coefficient (Wildman–Crippen LogP) is 2.29. The number of methoxy groups -OCH3 is 1. The minimum absolute atomic E-state index is 0.267. The molecule has 2 N–H and O–H groups in total. The van der Waals surface area contributed by atoms with Crippen LogP contribution in [0.4, 0.5) is 0 Å². The Hall–Kier alpha value is -1.07. The van der Waals surface area contributed by atoms with E-state index in [9.17, 15) is 0 Å². The lowest BCUT2D eigenvalue weighted by molar-refractivity contribution is 0.203. The van der Waals surface area contributed by atoms with Crippen LogP contribution in [-0.2, 0) is 10.2 Å². The molecule has 0 radical (unpaired) electrons. The topological polar surface area (TPSA) is 45.7 Å². The first kappa shape index (κ1) is 15.3. The summed E-state index contributed by atoms with van der Waals surface area (Å²) in [5.41, 5.74) is 1.66. The van der Waals surface area contributed by atoms with Crippen LogP contribution in [0.15, 0.2) is 33.7 Å². The molecule has 0 amide bonds. The fraction of sp³-hybridized carbons (Fsp3) is 0.533. The smallest absolute Gasteiger partial charge is 0.191 e. The number of nitrogens with one attached hydrogen (secondary N) is 2. The van der Waals surface area contributed by atoms with E-state index in [2.05, 4.69) is 55.8 Å². The van der Waals surface area contributed by atoms with E-state index in [0.717, 1.165) is 23.5 Å². The van der Waals surface area contributed by atoms with Crippen molar-refractivity contribution in [3.05, 3.63) is 34.3 Å². The zero-order chi connectivity index (χ0) is 14.4. The lowest BCUT2D eigenvalue weighted by Gasteiger charge is -2.19. The van der Waals surface area contributed by atoms with Crippen LogP contribution in [0, 0.1) is 0 Å². The van der Waals surface area contributed by atoms with E-state index in [0.29, 0.717) is 6.61 Å². The second-order valence-corrected chi connectivity index (χ2v) is 6.05. The molecule has 1 saturated carbocycles. The van der Waals surface area contributed by atoms with Crippen LogP contribution in [0.1, 0.15) is 18.4 Å². The van der Waals surface area contributed by atoms with Gasteiger partial charge in [0.25, 0.3) is 0 Å². The quantitative estimate of drug-likeness (QED) is 0.475. The molecule has 0 unspecified atom stereocenters. The molecule has 1 aliphatic carbocycles. The number of hydrogen-bond donors (Lipinski definition) is 2. The standard InChI is InChI=1S/C15H22BrN3O/c1-17-14(18-8-9-20-2)19-11-15(6-7-15)12-4-3-5-13(16)10-12/h3-5,10H,6-9,11H2,1-2H3,(H2,17,18,19). The molecule has 0 atom stereocenters. The predicted molar refractivity (Wildman–Crippen MR) is 86.3 cm³/mol. The minimum Gasteiger partial charge on any atom is -0.383 e. The maximum absolute atomic E-state index is 5.03. The molecule has 0 spiro atoms. The van der Waals surface area contributed by atoms with Crippen molar-refractivity contribution < 1.29 is 4.74 Å². The number of rotatable bonds is 6. The van der Waals surface area contributed by atoms with Crippen LogP contribution in [0.25, 0.3) is 0 Å². The fourth-order valence-electron chi connectivity index (χ4n) is 2.28. The summed E-state index contributed by atoms with van der Waals surface area (Å²) < 4.78 is 6.17. The monoisotopic (exact) mass is 339 g/mol. The number of ether oxygens (including phenoxy) is 1. The van der Waals surface area contributed by atoms with E-state index < -0.39 is 0 Å². The summed E-state index contributed by atoms with van der Waals surface area (Å²) in [6.07, 6.45) is 2.46. The van der Waals surface area contributed by atoms with Gasteiger partial charge in [-0.1, -0.05) is 28.1 Å². The van der Waals surface area contributed by atoms with Gasteiger partial charge in [-0.2, -0.15) is 0 Å². The highest BCUT2D eigenvalue weighted by atomic mass is 79.9. The normalized spacial score (nSPS) is 16.9. The Morgan fingerprint density at radius 3 is 2.80 bits per heavy atom. The van der Waals surface area contributed by atoms with E-state index in [1.165, 1.54) is 18.4 Å². The third-order valence-corrected chi connectivity index (χ3v) is 4.20. The molecule has 5 heteroatoms. The van der Waals surface area contributed by atoms with Gasteiger partial charge in [0.1, 0.15) is 0 Å². The summed E-state index contributed by atoms with van der Waals surface area (Å²) in [4.78, 5) is 4.23. The number of nitrogens with zero attached hydrogens (tertiary/aromatic N) is 1. The Labute approximate surface area is 129 Å². The number of benzene rings is 1. The van der Waals surface area contributed by atoms with Crippen LogP contribution in [0.5, 0.6) is 0 Å². The van der Waals surface area contributed by atoms with E-state index in [-0.39, 0.29) is 5.41 Å². The summed E-state index contributed by atoms with van der Waals surface area (Å²) in [5.74, 6) is 0.836. The molecule has 2 rings (SSSR count). The highest BCUT2D eigenvalue weighted by Crippen LogP contribution is 2.48. The average Bonchev–Trinajstić information content (AvgIpc) is 3.24. The van der Waals surface area contributed by atoms with Gasteiger partial charge in [-0.3, -0.25) is 4.99 Å². The summed E-state index contributed by atoms with van der Waals surface area (Å²) in [6.45, 7) is 2.35. The van der Waals surface area contributed by atoms with Crippen molar-refractivity contribution >= 4 is 21.9 Å². The first-order chi connectivity index (χ1) is 9.70. The Kier molecular flexibility index (Phi) is 5.43. The Balaban J connectivity index is 1.89. The molecule has 0 aromatic heterocycles. The second kappa shape index (κ2) is 7.09. The Bertz CT molecular complexity index is 472. The van der Waals surface area contributed by atoms with Gasteiger partial charge >= 0.3 is 0 Å². The molecule has 1 fully saturated rings. The maximum Gasteiger partial charge on any atom is 0.191 e. The SMILES string of the molecule is CN=C(NCCOC)NCC1(c2cccc(Br)c2)CC1. The molecule has 0 bridgehead atoms. The van der Waals surface area contributed by atoms with Crippen molar-refractivity contribution in [2.24, 2.45) is 4.99 Å². The van der Waals surface area contributed by atoms with Gasteiger partial charge in [-0.15, -0.1) is 0 Å². The van der Waals surface area contributed by atoms with E-state index in [1.54, 1.807) is 14.2 Å². The number of hydrogen-bond acceptors (Lipinski definition) is 2. The first-order valence-corrected chi connectivity index (χ1v) is 7.69. The molecule has 1 aliphatic rings. The Morgan fingerprint density at radius 2 is 2.20 bits per heavy atom. The van der Waals surface area contributed by atoms with Crippen molar-refractivity contribution in [2.75, 3.05) is 33.9 Å². The molecule has 0 saturated heterocycles. The van der Waals surface area contributed by atoms with Gasteiger partial charge in [0.2, 0.25) is 0 Å². The lowest BCUT2D eigenvalue weighted by atomic mass is 9.96. The van der Waals surface area contributed by atoms with Gasteiger partial charge in [0.05, 0.1) is 6.61 Å². The molecular weight excluding hydrogens is 318 g/mol. The third-order valence-electron chi connectivity index (χ3n) is 3.71. The van der Waals surface area contributed by atoms with Gasteiger partial charge in [0, 0.05) is 37.1 Å². The molecular formula is C15H22BrN3O. The summed E-state index contributed by atoms with van der Waals surface area (Å²) >= 11 is 3.55. The van der Waals surface area contributed by atoms with Gasteiger partial charge in [0.15, 0.2) is 5.96 Å². The minimum atomic E-state index is 0.267. The molecule has 1 aromatic carbocycles. The summed E-state index contributed by atoms with van der Waals surface area (Å²) in [6, 6.07) is 8.60. The number of aliphatic imine (C=N–C) groups is 1. The van der Waals surface area contributed by atoms with Crippen molar-refractivity contribution in [3.8, 4) is 0 Å². The van der Waals surface area contributed by atoms with Gasteiger partial charge in [-0.05, 0) is 30.5 Å². The Morgan fingerprint density at radius 1 is 1.40 bits per heavy atom. The molecule has 0 heterocycles. The largest absolute Gasteiger partial charge is 0.383 e. The first-order valence-electron chi connectivity index (χ1n) is 6.90. The van der Waals surface area contributed by atoms with Gasteiger partial charge in [-0.25, -0.2) is 0 Å². The van der Waals surface area contributed by atoms with E-state index in [4.69, 9.17) is 4.74 Å². The van der Waals surface area contributed by atoms with Crippen LogP contribution >= 0.6 is 15.9 Å². The van der Waals surface area contributed by atoms with Crippen molar-refractivity contribution in [1.82, 2.24) is 10.6 Å². The number of guanidine groups is 1. The third kappa shape index (κ3) is 3.96. The van der Waals surface area contributed by atoms with Crippen molar-refractivity contribution in [1.29, 1.82) is 0 Å². The van der Waals surface area contributed by atoms with E-state index in [1.807, 2.05) is 0 Å². The molecule has 110 valence electrons. The second-order valence-electron chi connectivity index (χ2n) is 5.14.